The molecule has 0 saturated carbocycles. The fraction of sp³-hybridized carbons (Fsp3) is 0.357. The molecule has 118 valence electrons. The lowest BCUT2D eigenvalue weighted by atomic mass is 10.2. The van der Waals surface area contributed by atoms with Gasteiger partial charge in [0.15, 0.2) is 0 Å². The number of hydrogen-bond donors (Lipinski definition) is 4. The Morgan fingerprint density at radius 3 is 2.77 bits per heavy atom. The standard InChI is InChI=1S/C14H18N4O4/c1-15-14(22)18-7-3-6-11(18)12(19)17-16-10-5-2-4-9(8-10)13(20)21/h2,4-5,8,11,16H,3,6-7H2,1H3,(H,15,22)(H,17,19)(H,20,21)/t11-/m0/s1. The fourth-order valence-electron chi connectivity index (χ4n) is 2.37. The number of amides is 3. The molecule has 1 aromatic rings. The van der Waals surface area contributed by atoms with Gasteiger partial charge in [-0.15, -0.1) is 0 Å². The van der Waals surface area contributed by atoms with E-state index in [-0.39, 0.29) is 17.5 Å². The highest BCUT2D eigenvalue weighted by molar-refractivity contribution is 5.90. The summed E-state index contributed by atoms with van der Waals surface area (Å²) in [7, 11) is 1.52. The summed E-state index contributed by atoms with van der Waals surface area (Å²) < 4.78 is 0. The first-order valence-corrected chi connectivity index (χ1v) is 6.90. The van der Waals surface area contributed by atoms with E-state index >= 15 is 0 Å². The molecule has 22 heavy (non-hydrogen) atoms. The summed E-state index contributed by atoms with van der Waals surface area (Å²) in [5.41, 5.74) is 5.76. The van der Waals surface area contributed by atoms with Crippen molar-refractivity contribution >= 4 is 23.6 Å². The second kappa shape index (κ2) is 6.79. The van der Waals surface area contributed by atoms with E-state index in [1.807, 2.05) is 0 Å². The number of carboxylic acids is 1. The van der Waals surface area contributed by atoms with Crippen LogP contribution in [0.2, 0.25) is 0 Å². The second-order valence-electron chi connectivity index (χ2n) is 4.91. The van der Waals surface area contributed by atoms with Gasteiger partial charge >= 0.3 is 12.0 Å². The van der Waals surface area contributed by atoms with E-state index in [9.17, 15) is 14.4 Å². The number of carbonyl (C=O) groups is 3. The molecule has 0 aromatic heterocycles. The molecule has 0 spiro atoms. The van der Waals surface area contributed by atoms with E-state index in [0.717, 1.165) is 6.42 Å². The van der Waals surface area contributed by atoms with E-state index in [2.05, 4.69) is 16.2 Å². The molecule has 0 unspecified atom stereocenters. The summed E-state index contributed by atoms with van der Waals surface area (Å²) in [6.45, 7) is 0.534. The summed E-state index contributed by atoms with van der Waals surface area (Å²) in [6, 6.07) is 5.26. The van der Waals surface area contributed by atoms with Crippen LogP contribution < -0.4 is 16.2 Å². The minimum Gasteiger partial charge on any atom is -0.478 e. The molecule has 8 nitrogen and oxygen atoms in total. The van der Waals surface area contributed by atoms with Crippen LogP contribution in [0.15, 0.2) is 24.3 Å². The van der Waals surface area contributed by atoms with Gasteiger partial charge in [0.25, 0.3) is 5.91 Å². The van der Waals surface area contributed by atoms with Gasteiger partial charge in [0.05, 0.1) is 11.3 Å². The van der Waals surface area contributed by atoms with E-state index in [0.29, 0.717) is 18.7 Å². The summed E-state index contributed by atoms with van der Waals surface area (Å²) in [5, 5.41) is 11.4. The number of carbonyl (C=O) groups excluding carboxylic acids is 2. The predicted octanol–water partition coefficient (Wildman–Crippen LogP) is 0.632. The van der Waals surface area contributed by atoms with Crippen molar-refractivity contribution in [3.63, 3.8) is 0 Å². The number of nitrogens with one attached hydrogen (secondary N) is 3. The fourth-order valence-corrected chi connectivity index (χ4v) is 2.37. The summed E-state index contributed by atoms with van der Waals surface area (Å²) in [4.78, 5) is 36.2. The lowest BCUT2D eigenvalue weighted by Gasteiger charge is -2.23. The van der Waals surface area contributed by atoms with Crippen molar-refractivity contribution < 1.29 is 19.5 Å². The zero-order valence-corrected chi connectivity index (χ0v) is 12.1. The van der Waals surface area contributed by atoms with Crippen molar-refractivity contribution in [3.8, 4) is 0 Å². The SMILES string of the molecule is CNC(=O)N1CCC[C@H]1C(=O)NNc1cccc(C(=O)O)c1. The quantitative estimate of drug-likeness (QED) is 0.610. The predicted molar refractivity (Wildman–Crippen MR) is 79.4 cm³/mol. The van der Waals surface area contributed by atoms with Crippen molar-refractivity contribution in [1.29, 1.82) is 0 Å². The molecule has 1 fully saturated rings. The van der Waals surface area contributed by atoms with Crippen LogP contribution in [0.5, 0.6) is 0 Å². The van der Waals surface area contributed by atoms with Gasteiger partial charge in [-0.25, -0.2) is 9.59 Å². The Hall–Kier alpha value is -2.77. The van der Waals surface area contributed by atoms with Gasteiger partial charge in [-0.1, -0.05) is 6.07 Å². The normalized spacial score (nSPS) is 17.0. The minimum absolute atomic E-state index is 0.118. The summed E-state index contributed by atoms with van der Waals surface area (Å²) in [6.07, 6.45) is 1.36. The highest BCUT2D eigenvalue weighted by Gasteiger charge is 2.33. The minimum atomic E-state index is -1.04. The zero-order chi connectivity index (χ0) is 16.1. The number of hydrazine groups is 1. The number of likely N-dealkylation sites (tertiary alicyclic amines) is 1. The van der Waals surface area contributed by atoms with Crippen molar-refractivity contribution in [1.82, 2.24) is 15.6 Å². The van der Waals surface area contributed by atoms with E-state index in [1.54, 1.807) is 12.1 Å². The second-order valence-corrected chi connectivity index (χ2v) is 4.91. The molecular formula is C14H18N4O4. The Labute approximate surface area is 127 Å². The molecule has 2 rings (SSSR count). The van der Waals surface area contributed by atoms with E-state index in [1.165, 1.54) is 24.1 Å². The molecule has 0 radical (unpaired) electrons. The maximum absolute atomic E-state index is 12.2. The molecule has 1 aromatic carbocycles. The average Bonchev–Trinajstić information content (AvgIpc) is 3.01. The van der Waals surface area contributed by atoms with E-state index in [4.69, 9.17) is 5.11 Å². The monoisotopic (exact) mass is 306 g/mol. The Balaban J connectivity index is 1.96. The average molecular weight is 306 g/mol. The number of urea groups is 1. The number of aromatic carboxylic acids is 1. The number of rotatable bonds is 4. The number of nitrogens with zero attached hydrogens (tertiary/aromatic N) is 1. The number of benzene rings is 1. The smallest absolute Gasteiger partial charge is 0.335 e. The molecule has 0 aliphatic carbocycles. The van der Waals surface area contributed by atoms with Crippen LogP contribution in [0, 0.1) is 0 Å². The first kappa shape index (κ1) is 15.6. The van der Waals surface area contributed by atoms with Crippen LogP contribution in [0.1, 0.15) is 23.2 Å². The Morgan fingerprint density at radius 1 is 1.32 bits per heavy atom. The van der Waals surface area contributed by atoms with Crippen molar-refractivity contribution in [2.75, 3.05) is 19.0 Å². The van der Waals surface area contributed by atoms with Gasteiger partial charge in [-0.05, 0) is 31.0 Å². The molecule has 1 saturated heterocycles. The zero-order valence-electron chi connectivity index (χ0n) is 12.1. The molecule has 1 aliphatic rings. The van der Waals surface area contributed by atoms with E-state index < -0.39 is 12.0 Å². The van der Waals surface area contributed by atoms with Gasteiger partial charge in [-0.3, -0.25) is 15.6 Å². The van der Waals surface area contributed by atoms with Crippen molar-refractivity contribution in [2.45, 2.75) is 18.9 Å². The first-order valence-electron chi connectivity index (χ1n) is 6.90. The Bertz CT molecular complexity index is 590. The van der Waals surface area contributed by atoms with Gasteiger partial charge in [0, 0.05) is 13.6 Å². The summed E-state index contributed by atoms with van der Waals surface area (Å²) >= 11 is 0. The van der Waals surface area contributed by atoms with Crippen LogP contribution in [-0.4, -0.2) is 47.5 Å². The largest absolute Gasteiger partial charge is 0.478 e. The van der Waals surface area contributed by atoms with Gasteiger partial charge in [0.1, 0.15) is 6.04 Å². The van der Waals surface area contributed by atoms with Crippen LogP contribution in [0.25, 0.3) is 0 Å². The first-order chi connectivity index (χ1) is 10.5. The maximum atomic E-state index is 12.2. The molecule has 1 atom stereocenters. The third kappa shape index (κ3) is 3.46. The molecule has 1 aliphatic heterocycles. The van der Waals surface area contributed by atoms with Gasteiger partial charge in [-0.2, -0.15) is 0 Å². The molecule has 3 amide bonds. The highest BCUT2D eigenvalue weighted by Crippen LogP contribution is 2.17. The van der Waals surface area contributed by atoms with Crippen LogP contribution >= 0.6 is 0 Å². The summed E-state index contributed by atoms with van der Waals surface area (Å²) in [5.74, 6) is -1.38. The molecule has 4 N–H and O–H groups in total. The number of anilines is 1. The third-order valence-electron chi connectivity index (χ3n) is 3.47. The molecule has 0 bridgehead atoms. The van der Waals surface area contributed by atoms with Crippen LogP contribution in [0.3, 0.4) is 0 Å². The topological polar surface area (TPSA) is 111 Å². The maximum Gasteiger partial charge on any atom is 0.335 e. The van der Waals surface area contributed by atoms with Crippen LogP contribution in [-0.2, 0) is 4.79 Å². The lowest BCUT2D eigenvalue weighted by Crippen LogP contribution is -2.49. The molecular weight excluding hydrogens is 288 g/mol. The molecule has 8 heteroatoms. The van der Waals surface area contributed by atoms with Gasteiger partial charge < -0.3 is 15.3 Å². The third-order valence-corrected chi connectivity index (χ3v) is 3.47. The van der Waals surface area contributed by atoms with Crippen molar-refractivity contribution in [3.05, 3.63) is 29.8 Å². The highest BCUT2D eigenvalue weighted by atomic mass is 16.4. The lowest BCUT2D eigenvalue weighted by molar-refractivity contribution is -0.124. The van der Waals surface area contributed by atoms with Crippen molar-refractivity contribution in [2.24, 2.45) is 0 Å². The van der Waals surface area contributed by atoms with Gasteiger partial charge in [0.2, 0.25) is 0 Å². The molecule has 1 heterocycles. The van der Waals surface area contributed by atoms with Crippen LogP contribution in [0.4, 0.5) is 10.5 Å². The Kier molecular flexibility index (Phi) is 4.82. The Morgan fingerprint density at radius 2 is 2.09 bits per heavy atom. The number of hydrogen-bond acceptors (Lipinski definition) is 4. The number of carboxylic acid groups (broad SMARTS) is 1.